The van der Waals surface area contributed by atoms with E-state index in [-0.39, 0.29) is 11.9 Å². The van der Waals surface area contributed by atoms with Crippen molar-refractivity contribution in [1.82, 2.24) is 14.8 Å². The molecule has 1 aliphatic heterocycles. The number of para-hydroxylation sites is 1. The number of hydrogen-bond donors (Lipinski definition) is 0. The molecule has 2 heterocycles. The zero-order valence-electron chi connectivity index (χ0n) is 18.8. The van der Waals surface area contributed by atoms with E-state index >= 15 is 0 Å². The maximum absolute atomic E-state index is 13.2. The SMILES string of the molecule is COc1cccc(CN2CCN(C)C(=O)[C@@H]2Cc2cccc(-c3ccncc3)c2)c1OC. The van der Waals surface area contributed by atoms with Gasteiger partial charge in [-0.3, -0.25) is 14.7 Å². The smallest absolute Gasteiger partial charge is 0.240 e. The molecule has 0 unspecified atom stereocenters. The standard InChI is InChI=1S/C26H29N3O3/c1-28-14-15-29(18-22-8-5-9-24(31-2)25(22)32-3)23(26(28)30)17-19-6-4-7-21(16-19)20-10-12-27-13-11-20/h4-13,16,23H,14-15,17-18H2,1-3H3/t23-/m0/s1. The summed E-state index contributed by atoms with van der Waals surface area (Å²) in [5.41, 5.74) is 4.39. The first-order valence-electron chi connectivity index (χ1n) is 10.8. The van der Waals surface area contributed by atoms with Gasteiger partial charge in [0.15, 0.2) is 11.5 Å². The number of aromatic nitrogens is 1. The molecule has 2 aromatic carbocycles. The number of likely N-dealkylation sites (N-methyl/N-ethyl adjacent to an activating group) is 1. The number of hydrogen-bond acceptors (Lipinski definition) is 5. The largest absolute Gasteiger partial charge is 0.493 e. The maximum Gasteiger partial charge on any atom is 0.240 e. The van der Waals surface area contributed by atoms with Gasteiger partial charge in [-0.1, -0.05) is 36.4 Å². The summed E-state index contributed by atoms with van der Waals surface area (Å²) >= 11 is 0. The molecule has 1 aromatic heterocycles. The van der Waals surface area contributed by atoms with Gasteiger partial charge in [-0.2, -0.15) is 0 Å². The molecule has 6 heteroatoms. The second-order valence-electron chi connectivity index (χ2n) is 8.04. The average molecular weight is 432 g/mol. The third kappa shape index (κ3) is 4.60. The quantitative estimate of drug-likeness (QED) is 0.572. The number of rotatable bonds is 7. The molecule has 32 heavy (non-hydrogen) atoms. The molecular weight excluding hydrogens is 402 g/mol. The van der Waals surface area contributed by atoms with Crippen molar-refractivity contribution in [2.75, 3.05) is 34.4 Å². The van der Waals surface area contributed by atoms with Gasteiger partial charge in [-0.15, -0.1) is 0 Å². The minimum absolute atomic E-state index is 0.146. The van der Waals surface area contributed by atoms with Crippen LogP contribution in [0.2, 0.25) is 0 Å². The molecular formula is C26H29N3O3. The van der Waals surface area contributed by atoms with Gasteiger partial charge in [0.05, 0.1) is 20.3 Å². The summed E-state index contributed by atoms with van der Waals surface area (Å²) in [4.78, 5) is 21.4. The first kappa shape index (κ1) is 21.8. The normalized spacial score (nSPS) is 16.8. The van der Waals surface area contributed by atoms with Gasteiger partial charge in [0, 0.05) is 44.6 Å². The van der Waals surface area contributed by atoms with Crippen LogP contribution in [0.15, 0.2) is 67.0 Å². The Morgan fingerprint density at radius 3 is 2.50 bits per heavy atom. The number of amides is 1. The molecule has 3 aromatic rings. The highest BCUT2D eigenvalue weighted by Crippen LogP contribution is 2.32. The molecule has 166 valence electrons. The third-order valence-electron chi connectivity index (χ3n) is 6.05. The van der Waals surface area contributed by atoms with Gasteiger partial charge in [-0.25, -0.2) is 0 Å². The number of carbonyl (C=O) groups is 1. The Morgan fingerprint density at radius 2 is 1.75 bits per heavy atom. The highest BCUT2D eigenvalue weighted by Gasteiger charge is 2.33. The number of ether oxygens (including phenoxy) is 2. The van der Waals surface area contributed by atoms with E-state index in [0.29, 0.717) is 25.3 Å². The maximum atomic E-state index is 13.2. The van der Waals surface area contributed by atoms with Crippen molar-refractivity contribution >= 4 is 5.91 Å². The Balaban J connectivity index is 1.60. The lowest BCUT2D eigenvalue weighted by molar-refractivity contribution is -0.140. The van der Waals surface area contributed by atoms with Crippen LogP contribution in [0.4, 0.5) is 0 Å². The number of pyridine rings is 1. The van der Waals surface area contributed by atoms with E-state index in [0.717, 1.165) is 34.5 Å². The van der Waals surface area contributed by atoms with Crippen LogP contribution in [0.25, 0.3) is 11.1 Å². The molecule has 1 fully saturated rings. The molecule has 1 saturated heterocycles. The van der Waals surface area contributed by atoms with E-state index in [1.165, 1.54) is 0 Å². The van der Waals surface area contributed by atoms with Crippen LogP contribution in [-0.2, 0) is 17.8 Å². The van der Waals surface area contributed by atoms with Crippen molar-refractivity contribution < 1.29 is 14.3 Å². The minimum Gasteiger partial charge on any atom is -0.493 e. The van der Waals surface area contributed by atoms with Crippen LogP contribution in [0.5, 0.6) is 11.5 Å². The summed E-state index contributed by atoms with van der Waals surface area (Å²) in [5.74, 6) is 1.57. The van der Waals surface area contributed by atoms with E-state index in [9.17, 15) is 4.79 Å². The number of carbonyl (C=O) groups excluding carboxylic acids is 1. The molecule has 1 aliphatic rings. The summed E-state index contributed by atoms with van der Waals surface area (Å²) in [5, 5.41) is 0. The molecule has 0 saturated carbocycles. The van der Waals surface area contributed by atoms with Crippen LogP contribution < -0.4 is 9.47 Å². The zero-order valence-corrected chi connectivity index (χ0v) is 18.8. The third-order valence-corrected chi connectivity index (χ3v) is 6.05. The van der Waals surface area contributed by atoms with Gasteiger partial charge in [0.25, 0.3) is 0 Å². The van der Waals surface area contributed by atoms with Gasteiger partial charge < -0.3 is 14.4 Å². The monoisotopic (exact) mass is 431 g/mol. The Bertz CT molecular complexity index is 1070. The number of piperazine rings is 1. The zero-order chi connectivity index (χ0) is 22.5. The van der Waals surface area contributed by atoms with E-state index < -0.39 is 0 Å². The van der Waals surface area contributed by atoms with Crippen molar-refractivity contribution in [3.05, 3.63) is 78.1 Å². The fraction of sp³-hybridized carbons (Fsp3) is 0.308. The highest BCUT2D eigenvalue weighted by atomic mass is 16.5. The molecule has 0 aliphatic carbocycles. The van der Waals surface area contributed by atoms with Gasteiger partial charge in [0.1, 0.15) is 0 Å². The Hall–Kier alpha value is -3.38. The summed E-state index contributed by atoms with van der Waals surface area (Å²) in [6.45, 7) is 2.13. The van der Waals surface area contributed by atoms with E-state index in [2.05, 4.69) is 34.1 Å². The Morgan fingerprint density at radius 1 is 0.969 bits per heavy atom. The first-order chi connectivity index (χ1) is 15.6. The van der Waals surface area contributed by atoms with E-state index in [1.807, 2.05) is 42.3 Å². The lowest BCUT2D eigenvalue weighted by Gasteiger charge is -2.39. The predicted molar refractivity (Wildman–Crippen MR) is 125 cm³/mol. The van der Waals surface area contributed by atoms with Crippen molar-refractivity contribution in [2.45, 2.75) is 19.0 Å². The first-order valence-corrected chi connectivity index (χ1v) is 10.8. The Kier molecular flexibility index (Phi) is 6.71. The number of nitrogens with zero attached hydrogens (tertiary/aromatic N) is 3. The van der Waals surface area contributed by atoms with Crippen molar-refractivity contribution in [1.29, 1.82) is 0 Å². The van der Waals surface area contributed by atoms with Gasteiger partial charge in [0.2, 0.25) is 5.91 Å². The second-order valence-corrected chi connectivity index (χ2v) is 8.04. The topological polar surface area (TPSA) is 54.9 Å². The summed E-state index contributed by atoms with van der Waals surface area (Å²) in [7, 11) is 5.17. The number of methoxy groups -OCH3 is 2. The van der Waals surface area contributed by atoms with Crippen molar-refractivity contribution in [3.8, 4) is 22.6 Å². The van der Waals surface area contributed by atoms with Crippen LogP contribution in [-0.4, -0.2) is 61.1 Å². The summed E-state index contributed by atoms with van der Waals surface area (Å²) in [6.07, 6.45) is 4.24. The molecule has 0 N–H and O–H groups in total. The fourth-order valence-electron chi connectivity index (χ4n) is 4.30. The fourth-order valence-corrected chi connectivity index (χ4v) is 4.30. The molecule has 0 radical (unpaired) electrons. The Labute approximate surface area is 189 Å². The average Bonchev–Trinajstić information content (AvgIpc) is 2.84. The second kappa shape index (κ2) is 9.83. The van der Waals surface area contributed by atoms with E-state index in [1.54, 1.807) is 26.6 Å². The van der Waals surface area contributed by atoms with Gasteiger partial charge in [-0.05, 0) is 41.3 Å². The summed E-state index contributed by atoms with van der Waals surface area (Å²) in [6, 6.07) is 18.0. The van der Waals surface area contributed by atoms with Crippen LogP contribution in [0.3, 0.4) is 0 Å². The molecule has 6 nitrogen and oxygen atoms in total. The van der Waals surface area contributed by atoms with Crippen LogP contribution >= 0.6 is 0 Å². The summed E-state index contributed by atoms with van der Waals surface area (Å²) < 4.78 is 11.1. The van der Waals surface area contributed by atoms with Crippen molar-refractivity contribution in [3.63, 3.8) is 0 Å². The number of benzene rings is 2. The molecule has 0 bridgehead atoms. The predicted octanol–water partition coefficient (Wildman–Crippen LogP) is 3.65. The van der Waals surface area contributed by atoms with Crippen molar-refractivity contribution in [2.24, 2.45) is 0 Å². The molecule has 1 atom stereocenters. The lowest BCUT2D eigenvalue weighted by Crippen LogP contribution is -2.56. The lowest BCUT2D eigenvalue weighted by atomic mass is 9.97. The highest BCUT2D eigenvalue weighted by molar-refractivity contribution is 5.83. The van der Waals surface area contributed by atoms with Crippen LogP contribution in [0.1, 0.15) is 11.1 Å². The molecule has 1 amide bonds. The van der Waals surface area contributed by atoms with Crippen LogP contribution in [0, 0.1) is 0 Å². The van der Waals surface area contributed by atoms with E-state index in [4.69, 9.17) is 9.47 Å². The molecule has 0 spiro atoms. The van der Waals surface area contributed by atoms with Gasteiger partial charge >= 0.3 is 0 Å². The molecule has 4 rings (SSSR count). The minimum atomic E-state index is -0.239.